The quantitative estimate of drug-likeness (QED) is 0.642. The van der Waals surface area contributed by atoms with Crippen LogP contribution in [-0.4, -0.2) is 23.0 Å². The normalized spacial score (nSPS) is 11.2. The molecule has 0 fully saturated rings. The maximum absolute atomic E-state index is 11.8. The summed E-state index contributed by atoms with van der Waals surface area (Å²) >= 11 is 1.48. The minimum atomic E-state index is -0.157. The topological polar surface area (TPSA) is 46.2 Å². The minimum absolute atomic E-state index is 0.0347. The molecule has 0 saturated carbocycles. The number of ketones is 1. The molecule has 0 spiro atoms. The molecule has 0 aliphatic carbocycles. The SMILES string of the molecule is CCC(C)(C)NC(=O)CSc1ccc(C(C)=O)cc1. The molecule has 1 aromatic carbocycles. The third-order valence-corrected chi connectivity index (χ3v) is 4.00. The Morgan fingerprint density at radius 3 is 2.26 bits per heavy atom. The van der Waals surface area contributed by atoms with Gasteiger partial charge >= 0.3 is 0 Å². The van der Waals surface area contributed by atoms with Gasteiger partial charge in [0.1, 0.15) is 0 Å². The van der Waals surface area contributed by atoms with Gasteiger partial charge in [-0.15, -0.1) is 11.8 Å². The second-order valence-corrected chi connectivity index (χ2v) is 6.20. The molecule has 4 heteroatoms. The van der Waals surface area contributed by atoms with Gasteiger partial charge in [0.15, 0.2) is 5.78 Å². The van der Waals surface area contributed by atoms with Crippen molar-refractivity contribution >= 4 is 23.5 Å². The van der Waals surface area contributed by atoms with Gasteiger partial charge in [-0.05, 0) is 39.3 Å². The second kappa shape index (κ2) is 6.75. The zero-order chi connectivity index (χ0) is 14.5. The minimum Gasteiger partial charge on any atom is -0.351 e. The molecule has 1 aromatic rings. The molecule has 1 amide bonds. The van der Waals surface area contributed by atoms with E-state index in [0.717, 1.165) is 11.3 Å². The van der Waals surface area contributed by atoms with Crippen molar-refractivity contribution in [1.82, 2.24) is 5.32 Å². The number of carbonyl (C=O) groups excluding carboxylic acids is 2. The van der Waals surface area contributed by atoms with Crippen LogP contribution in [0.25, 0.3) is 0 Å². The summed E-state index contributed by atoms with van der Waals surface area (Å²) in [7, 11) is 0. The molecule has 0 saturated heterocycles. The first-order chi connectivity index (χ1) is 8.84. The van der Waals surface area contributed by atoms with Crippen LogP contribution >= 0.6 is 11.8 Å². The van der Waals surface area contributed by atoms with Gasteiger partial charge in [0.25, 0.3) is 0 Å². The van der Waals surface area contributed by atoms with E-state index in [1.807, 2.05) is 32.9 Å². The Kier molecular flexibility index (Phi) is 5.60. The Morgan fingerprint density at radius 2 is 1.79 bits per heavy atom. The highest BCUT2D eigenvalue weighted by atomic mass is 32.2. The standard InChI is InChI=1S/C15H21NO2S/c1-5-15(3,4)16-14(18)10-19-13-8-6-12(7-9-13)11(2)17/h6-9H,5,10H2,1-4H3,(H,16,18). The Morgan fingerprint density at radius 1 is 1.21 bits per heavy atom. The molecule has 0 atom stereocenters. The fraction of sp³-hybridized carbons (Fsp3) is 0.467. The molecule has 19 heavy (non-hydrogen) atoms. The summed E-state index contributed by atoms with van der Waals surface area (Å²) in [6.07, 6.45) is 0.900. The van der Waals surface area contributed by atoms with Crippen molar-refractivity contribution < 1.29 is 9.59 Å². The van der Waals surface area contributed by atoms with Gasteiger partial charge in [-0.1, -0.05) is 19.1 Å². The Hall–Kier alpha value is -1.29. The Labute approximate surface area is 119 Å². The van der Waals surface area contributed by atoms with Crippen LogP contribution in [0, 0.1) is 0 Å². The first-order valence-corrected chi connectivity index (χ1v) is 7.37. The molecule has 0 heterocycles. The van der Waals surface area contributed by atoms with Crippen LogP contribution < -0.4 is 5.32 Å². The molecule has 0 unspecified atom stereocenters. The predicted molar refractivity (Wildman–Crippen MR) is 79.7 cm³/mol. The average molecular weight is 279 g/mol. The molecule has 1 N–H and O–H groups in total. The first kappa shape index (κ1) is 15.8. The van der Waals surface area contributed by atoms with Crippen molar-refractivity contribution in [2.75, 3.05) is 5.75 Å². The van der Waals surface area contributed by atoms with E-state index in [1.54, 1.807) is 19.1 Å². The number of thioether (sulfide) groups is 1. The van der Waals surface area contributed by atoms with E-state index in [0.29, 0.717) is 11.3 Å². The summed E-state index contributed by atoms with van der Waals surface area (Å²) < 4.78 is 0. The van der Waals surface area contributed by atoms with Crippen molar-refractivity contribution in [2.24, 2.45) is 0 Å². The number of carbonyl (C=O) groups is 2. The second-order valence-electron chi connectivity index (χ2n) is 5.15. The van der Waals surface area contributed by atoms with Crippen LogP contribution in [0.15, 0.2) is 29.2 Å². The van der Waals surface area contributed by atoms with Crippen molar-refractivity contribution in [3.63, 3.8) is 0 Å². The number of amides is 1. The molecule has 0 bridgehead atoms. The molecule has 3 nitrogen and oxygen atoms in total. The van der Waals surface area contributed by atoms with Gasteiger partial charge in [-0.3, -0.25) is 9.59 Å². The van der Waals surface area contributed by atoms with Crippen LogP contribution in [-0.2, 0) is 4.79 Å². The summed E-state index contributed by atoms with van der Waals surface area (Å²) in [6, 6.07) is 7.33. The van der Waals surface area contributed by atoms with Crippen LogP contribution in [0.4, 0.5) is 0 Å². The molecular weight excluding hydrogens is 258 g/mol. The van der Waals surface area contributed by atoms with Gasteiger partial charge in [-0.25, -0.2) is 0 Å². The number of nitrogens with one attached hydrogen (secondary N) is 1. The Balaban J connectivity index is 2.48. The van der Waals surface area contributed by atoms with Gasteiger partial charge in [0, 0.05) is 16.0 Å². The average Bonchev–Trinajstić information content (AvgIpc) is 2.36. The molecule has 0 aromatic heterocycles. The van der Waals surface area contributed by atoms with Crippen molar-refractivity contribution in [3.8, 4) is 0 Å². The fourth-order valence-electron chi connectivity index (χ4n) is 1.44. The number of hydrogen-bond acceptors (Lipinski definition) is 3. The van der Waals surface area contributed by atoms with E-state index in [2.05, 4.69) is 5.32 Å². The summed E-state index contributed by atoms with van der Waals surface area (Å²) in [5.41, 5.74) is 0.539. The lowest BCUT2D eigenvalue weighted by molar-refractivity contribution is -0.120. The molecule has 104 valence electrons. The molecule has 0 aliphatic rings. The van der Waals surface area contributed by atoms with Crippen LogP contribution in [0.2, 0.25) is 0 Å². The van der Waals surface area contributed by atoms with Gasteiger partial charge in [0.05, 0.1) is 5.75 Å². The van der Waals surface area contributed by atoms with Gasteiger partial charge in [0.2, 0.25) is 5.91 Å². The van der Waals surface area contributed by atoms with Crippen LogP contribution in [0.3, 0.4) is 0 Å². The van der Waals surface area contributed by atoms with E-state index in [4.69, 9.17) is 0 Å². The number of hydrogen-bond donors (Lipinski definition) is 1. The lowest BCUT2D eigenvalue weighted by Gasteiger charge is -2.24. The van der Waals surface area contributed by atoms with Crippen molar-refractivity contribution in [1.29, 1.82) is 0 Å². The van der Waals surface area contributed by atoms with Crippen LogP contribution in [0.1, 0.15) is 44.5 Å². The van der Waals surface area contributed by atoms with E-state index in [-0.39, 0.29) is 17.2 Å². The van der Waals surface area contributed by atoms with E-state index < -0.39 is 0 Å². The third kappa shape index (κ3) is 5.47. The Bertz CT molecular complexity index is 452. The fourth-order valence-corrected chi connectivity index (χ4v) is 2.14. The zero-order valence-corrected chi connectivity index (χ0v) is 12.8. The van der Waals surface area contributed by atoms with E-state index in [9.17, 15) is 9.59 Å². The zero-order valence-electron chi connectivity index (χ0n) is 11.9. The summed E-state index contributed by atoms with van der Waals surface area (Å²) in [4.78, 5) is 23.9. The monoisotopic (exact) mass is 279 g/mol. The molecule has 0 radical (unpaired) electrons. The smallest absolute Gasteiger partial charge is 0.230 e. The summed E-state index contributed by atoms with van der Waals surface area (Å²) in [5.74, 6) is 0.481. The highest BCUT2D eigenvalue weighted by molar-refractivity contribution is 8.00. The van der Waals surface area contributed by atoms with Gasteiger partial charge < -0.3 is 5.32 Å². The van der Waals surface area contributed by atoms with E-state index in [1.165, 1.54) is 11.8 Å². The maximum Gasteiger partial charge on any atom is 0.230 e. The van der Waals surface area contributed by atoms with Crippen LogP contribution in [0.5, 0.6) is 0 Å². The summed E-state index contributed by atoms with van der Waals surface area (Å²) in [5, 5.41) is 2.99. The lowest BCUT2D eigenvalue weighted by Crippen LogP contribution is -2.43. The maximum atomic E-state index is 11.8. The van der Waals surface area contributed by atoms with Crippen molar-refractivity contribution in [3.05, 3.63) is 29.8 Å². The van der Waals surface area contributed by atoms with Gasteiger partial charge in [-0.2, -0.15) is 0 Å². The highest BCUT2D eigenvalue weighted by Crippen LogP contribution is 2.19. The molecule has 1 rings (SSSR count). The number of rotatable bonds is 6. The first-order valence-electron chi connectivity index (χ1n) is 6.39. The largest absolute Gasteiger partial charge is 0.351 e. The molecule has 0 aliphatic heterocycles. The third-order valence-electron chi connectivity index (χ3n) is 2.99. The van der Waals surface area contributed by atoms with Crippen molar-refractivity contribution in [2.45, 2.75) is 44.6 Å². The lowest BCUT2D eigenvalue weighted by atomic mass is 10.0. The van der Waals surface area contributed by atoms with E-state index >= 15 is 0 Å². The number of Topliss-reactive ketones (excluding diaryl/α,β-unsaturated/α-hetero) is 1. The number of benzene rings is 1. The molecular formula is C15H21NO2S. The summed E-state index contributed by atoms with van der Waals surface area (Å²) in [6.45, 7) is 7.62. The predicted octanol–water partition coefficient (Wildman–Crippen LogP) is 3.29. The highest BCUT2D eigenvalue weighted by Gasteiger charge is 2.17.